The summed E-state index contributed by atoms with van der Waals surface area (Å²) in [6, 6.07) is 0. The first-order valence-electron chi connectivity index (χ1n) is 8.97. The molecule has 2 aliphatic heterocycles. The van der Waals surface area contributed by atoms with Crippen LogP contribution < -0.4 is 5.32 Å². The molecule has 126 valence electrons. The van der Waals surface area contributed by atoms with Crippen LogP contribution in [0.25, 0.3) is 0 Å². The van der Waals surface area contributed by atoms with E-state index in [4.69, 9.17) is 9.47 Å². The highest BCUT2D eigenvalue weighted by atomic mass is 16.5. The molecule has 3 rings (SSSR count). The van der Waals surface area contributed by atoms with Gasteiger partial charge in [0.15, 0.2) is 0 Å². The van der Waals surface area contributed by atoms with Gasteiger partial charge >= 0.3 is 0 Å². The highest BCUT2D eigenvalue weighted by Crippen LogP contribution is 2.35. The number of ether oxygens (including phenoxy) is 2. The average molecular weight is 310 g/mol. The van der Waals surface area contributed by atoms with Crippen molar-refractivity contribution >= 4 is 5.91 Å². The van der Waals surface area contributed by atoms with Crippen LogP contribution in [0.15, 0.2) is 0 Å². The van der Waals surface area contributed by atoms with E-state index in [0.29, 0.717) is 6.61 Å². The van der Waals surface area contributed by atoms with E-state index in [1.807, 2.05) is 6.92 Å². The Balaban J connectivity index is 1.55. The molecule has 1 aliphatic carbocycles. The quantitative estimate of drug-likeness (QED) is 0.809. The van der Waals surface area contributed by atoms with Crippen LogP contribution in [0.3, 0.4) is 0 Å². The van der Waals surface area contributed by atoms with Crippen LogP contribution in [0.4, 0.5) is 0 Å². The van der Waals surface area contributed by atoms with Crippen molar-refractivity contribution in [2.24, 2.45) is 5.92 Å². The molecule has 1 amide bonds. The van der Waals surface area contributed by atoms with Crippen LogP contribution in [0, 0.1) is 5.92 Å². The maximum atomic E-state index is 12.3. The van der Waals surface area contributed by atoms with Gasteiger partial charge in [-0.2, -0.15) is 0 Å². The summed E-state index contributed by atoms with van der Waals surface area (Å²) in [5.74, 6) is 0.263. The fourth-order valence-corrected chi connectivity index (χ4v) is 3.95. The molecule has 2 heterocycles. The molecule has 0 spiro atoms. The van der Waals surface area contributed by atoms with Crippen molar-refractivity contribution in [2.75, 3.05) is 39.5 Å². The summed E-state index contributed by atoms with van der Waals surface area (Å²) in [5, 5.41) is 3.22. The molecular formula is C17H30N2O3. The average Bonchev–Trinajstić information content (AvgIpc) is 3.34. The minimum Gasteiger partial charge on any atom is -0.381 e. The largest absolute Gasteiger partial charge is 0.381 e. The number of amides is 1. The SMILES string of the molecule is CCOC1CC1C(=O)NCC1(N2CCCCC2)CCOCC1. The third-order valence-electron chi connectivity index (χ3n) is 5.49. The third-order valence-corrected chi connectivity index (χ3v) is 5.49. The zero-order valence-electron chi connectivity index (χ0n) is 13.8. The molecule has 3 fully saturated rings. The Morgan fingerprint density at radius 2 is 2.00 bits per heavy atom. The lowest BCUT2D eigenvalue weighted by molar-refractivity contribution is -0.124. The molecular weight excluding hydrogens is 280 g/mol. The third kappa shape index (κ3) is 3.63. The molecule has 2 saturated heterocycles. The molecule has 0 radical (unpaired) electrons. The topological polar surface area (TPSA) is 50.8 Å². The van der Waals surface area contributed by atoms with Crippen LogP contribution in [-0.2, 0) is 14.3 Å². The molecule has 0 aromatic heterocycles. The number of carbonyl (C=O) groups is 1. The Morgan fingerprint density at radius 3 is 2.68 bits per heavy atom. The van der Waals surface area contributed by atoms with Crippen LogP contribution in [-0.4, -0.2) is 61.9 Å². The van der Waals surface area contributed by atoms with Gasteiger partial charge in [-0.25, -0.2) is 0 Å². The van der Waals surface area contributed by atoms with Crippen LogP contribution in [0.5, 0.6) is 0 Å². The van der Waals surface area contributed by atoms with Gasteiger partial charge in [0.1, 0.15) is 0 Å². The van der Waals surface area contributed by atoms with Crippen molar-refractivity contribution < 1.29 is 14.3 Å². The zero-order valence-corrected chi connectivity index (χ0v) is 13.8. The maximum Gasteiger partial charge on any atom is 0.225 e. The Morgan fingerprint density at radius 1 is 1.27 bits per heavy atom. The molecule has 3 aliphatic rings. The fourth-order valence-electron chi connectivity index (χ4n) is 3.95. The molecule has 1 saturated carbocycles. The number of hydrogen-bond donors (Lipinski definition) is 1. The van der Waals surface area contributed by atoms with E-state index < -0.39 is 0 Å². The van der Waals surface area contributed by atoms with E-state index in [1.165, 1.54) is 32.4 Å². The van der Waals surface area contributed by atoms with Crippen molar-refractivity contribution in [3.8, 4) is 0 Å². The minimum atomic E-state index is 0.0817. The Labute approximate surface area is 133 Å². The number of nitrogens with zero attached hydrogens (tertiary/aromatic N) is 1. The standard InChI is InChI=1S/C17H30N2O3/c1-2-22-15-12-14(15)16(20)18-13-17(6-10-21-11-7-17)19-8-4-3-5-9-19/h14-15H,2-13H2,1H3,(H,18,20). The van der Waals surface area contributed by atoms with Crippen molar-refractivity contribution in [1.29, 1.82) is 0 Å². The lowest BCUT2D eigenvalue weighted by Crippen LogP contribution is -2.59. The zero-order chi connectivity index (χ0) is 15.4. The minimum absolute atomic E-state index is 0.0817. The van der Waals surface area contributed by atoms with Gasteiger partial charge in [0.25, 0.3) is 0 Å². The van der Waals surface area contributed by atoms with E-state index >= 15 is 0 Å². The Bertz CT molecular complexity index is 376. The molecule has 1 N–H and O–H groups in total. The second kappa shape index (κ2) is 7.28. The van der Waals surface area contributed by atoms with Gasteiger partial charge in [-0.15, -0.1) is 0 Å². The van der Waals surface area contributed by atoms with Gasteiger partial charge in [-0.3, -0.25) is 9.69 Å². The van der Waals surface area contributed by atoms with Crippen LogP contribution in [0.1, 0.15) is 45.4 Å². The first-order valence-corrected chi connectivity index (χ1v) is 8.97. The van der Waals surface area contributed by atoms with Crippen LogP contribution >= 0.6 is 0 Å². The molecule has 0 aromatic carbocycles. The monoisotopic (exact) mass is 310 g/mol. The molecule has 5 nitrogen and oxygen atoms in total. The van der Waals surface area contributed by atoms with Crippen molar-refractivity contribution in [3.63, 3.8) is 0 Å². The van der Waals surface area contributed by atoms with Gasteiger partial charge in [-0.1, -0.05) is 6.42 Å². The predicted octanol–water partition coefficient (Wildman–Crippen LogP) is 1.56. The maximum absolute atomic E-state index is 12.3. The van der Waals surface area contributed by atoms with Gasteiger partial charge < -0.3 is 14.8 Å². The normalized spacial score (nSPS) is 31.7. The second-order valence-corrected chi connectivity index (χ2v) is 6.94. The van der Waals surface area contributed by atoms with Crippen molar-refractivity contribution in [1.82, 2.24) is 10.2 Å². The fraction of sp³-hybridized carbons (Fsp3) is 0.941. The molecule has 5 heteroatoms. The van der Waals surface area contributed by atoms with Gasteiger partial charge in [0.05, 0.1) is 12.0 Å². The summed E-state index contributed by atoms with van der Waals surface area (Å²) in [4.78, 5) is 14.9. The summed E-state index contributed by atoms with van der Waals surface area (Å²) in [6.07, 6.45) is 7.02. The van der Waals surface area contributed by atoms with Gasteiger partial charge in [-0.05, 0) is 52.1 Å². The Hall–Kier alpha value is -0.650. The number of nitrogens with one attached hydrogen (secondary N) is 1. The molecule has 0 bridgehead atoms. The van der Waals surface area contributed by atoms with Crippen LogP contribution in [0.2, 0.25) is 0 Å². The number of piperidine rings is 1. The summed E-state index contributed by atoms with van der Waals surface area (Å²) in [5.41, 5.74) is 0.115. The summed E-state index contributed by atoms with van der Waals surface area (Å²) >= 11 is 0. The van der Waals surface area contributed by atoms with Crippen molar-refractivity contribution in [2.45, 2.75) is 57.1 Å². The van der Waals surface area contributed by atoms with Crippen molar-refractivity contribution in [3.05, 3.63) is 0 Å². The lowest BCUT2D eigenvalue weighted by Gasteiger charge is -2.48. The first-order chi connectivity index (χ1) is 10.7. The highest BCUT2D eigenvalue weighted by Gasteiger charge is 2.45. The highest BCUT2D eigenvalue weighted by molar-refractivity contribution is 5.82. The smallest absolute Gasteiger partial charge is 0.225 e. The molecule has 2 unspecified atom stereocenters. The Kier molecular flexibility index (Phi) is 5.37. The number of hydrogen-bond acceptors (Lipinski definition) is 4. The molecule has 0 aromatic rings. The predicted molar refractivity (Wildman–Crippen MR) is 84.7 cm³/mol. The van der Waals surface area contributed by atoms with Gasteiger partial charge in [0.2, 0.25) is 5.91 Å². The molecule has 2 atom stereocenters. The van der Waals surface area contributed by atoms with E-state index in [0.717, 1.165) is 39.0 Å². The van der Waals surface area contributed by atoms with E-state index in [2.05, 4.69) is 10.2 Å². The summed E-state index contributed by atoms with van der Waals surface area (Å²) in [7, 11) is 0. The van der Waals surface area contributed by atoms with Gasteiger partial charge in [0, 0.05) is 31.9 Å². The number of carbonyl (C=O) groups excluding carboxylic acids is 1. The lowest BCUT2D eigenvalue weighted by atomic mass is 9.86. The molecule has 22 heavy (non-hydrogen) atoms. The second-order valence-electron chi connectivity index (χ2n) is 6.94. The summed E-state index contributed by atoms with van der Waals surface area (Å²) < 4.78 is 11.1. The number of rotatable bonds is 6. The number of likely N-dealkylation sites (tertiary alicyclic amines) is 1. The summed E-state index contributed by atoms with van der Waals surface area (Å²) in [6.45, 7) is 7.42. The van der Waals surface area contributed by atoms with E-state index in [-0.39, 0.29) is 23.5 Å². The van der Waals surface area contributed by atoms with E-state index in [9.17, 15) is 4.79 Å². The first kappa shape index (κ1) is 16.2. The van der Waals surface area contributed by atoms with E-state index in [1.54, 1.807) is 0 Å².